The van der Waals surface area contributed by atoms with Crippen LogP contribution in [0.5, 0.6) is 0 Å². The van der Waals surface area contributed by atoms with Gasteiger partial charge in [0.05, 0.1) is 11.0 Å². The molecule has 0 fully saturated rings. The Bertz CT molecular complexity index is 2480. The standard InChI is InChI=1S/C43H28N4/c1-4-12-29(13-5-1)34-21-20-30-24-27-39-40(37(30)28-34)36-18-10-11-19-38(36)47(39)35-25-22-33(23-26-35)43-45-41(31-14-6-2-7-15-31)44-42(46-43)32-16-8-3-9-17-32/h1-28H. The summed E-state index contributed by atoms with van der Waals surface area (Å²) in [6.45, 7) is 0. The summed E-state index contributed by atoms with van der Waals surface area (Å²) in [7, 11) is 0. The minimum absolute atomic E-state index is 0.644. The van der Waals surface area contributed by atoms with Gasteiger partial charge in [-0.05, 0) is 64.4 Å². The summed E-state index contributed by atoms with van der Waals surface area (Å²) in [5.41, 5.74) is 8.71. The van der Waals surface area contributed by atoms with Gasteiger partial charge in [-0.25, -0.2) is 15.0 Å². The van der Waals surface area contributed by atoms with Gasteiger partial charge in [0.2, 0.25) is 0 Å². The molecule has 0 amide bonds. The third-order valence-corrected chi connectivity index (χ3v) is 8.84. The van der Waals surface area contributed by atoms with Crippen molar-refractivity contribution >= 4 is 32.6 Å². The van der Waals surface area contributed by atoms with Crippen LogP contribution in [0.2, 0.25) is 0 Å². The van der Waals surface area contributed by atoms with Gasteiger partial charge in [0, 0.05) is 33.2 Å². The number of rotatable bonds is 5. The maximum atomic E-state index is 4.93. The molecule has 47 heavy (non-hydrogen) atoms. The molecule has 2 heterocycles. The van der Waals surface area contributed by atoms with Crippen molar-refractivity contribution in [3.63, 3.8) is 0 Å². The number of hydrogen-bond donors (Lipinski definition) is 0. The van der Waals surface area contributed by atoms with Gasteiger partial charge in [0.1, 0.15) is 0 Å². The molecule has 0 unspecified atom stereocenters. The largest absolute Gasteiger partial charge is 0.309 e. The van der Waals surface area contributed by atoms with E-state index in [0.29, 0.717) is 17.5 Å². The Morgan fingerprint density at radius 3 is 1.45 bits per heavy atom. The first-order valence-corrected chi connectivity index (χ1v) is 15.8. The van der Waals surface area contributed by atoms with Crippen molar-refractivity contribution in [3.05, 3.63) is 170 Å². The van der Waals surface area contributed by atoms with E-state index in [4.69, 9.17) is 15.0 Å². The van der Waals surface area contributed by atoms with Crippen LogP contribution in [0.25, 0.3) is 83.6 Å². The number of hydrogen-bond acceptors (Lipinski definition) is 3. The van der Waals surface area contributed by atoms with Crippen LogP contribution in [0.4, 0.5) is 0 Å². The molecule has 0 spiro atoms. The number of para-hydroxylation sites is 1. The zero-order valence-electron chi connectivity index (χ0n) is 25.5. The molecule has 0 atom stereocenters. The Balaban J connectivity index is 1.19. The second kappa shape index (κ2) is 11.2. The average Bonchev–Trinajstić information content (AvgIpc) is 3.50. The third-order valence-electron chi connectivity index (χ3n) is 8.84. The first kappa shape index (κ1) is 27.0. The van der Waals surface area contributed by atoms with Gasteiger partial charge >= 0.3 is 0 Å². The lowest BCUT2D eigenvalue weighted by molar-refractivity contribution is 1.07. The highest BCUT2D eigenvalue weighted by Crippen LogP contribution is 2.38. The third kappa shape index (κ3) is 4.75. The molecule has 0 aliphatic heterocycles. The summed E-state index contributed by atoms with van der Waals surface area (Å²) in [4.78, 5) is 14.7. The summed E-state index contributed by atoms with van der Waals surface area (Å²) >= 11 is 0. The Labute approximate surface area is 272 Å². The second-order valence-electron chi connectivity index (χ2n) is 11.7. The molecule has 0 aliphatic carbocycles. The zero-order chi connectivity index (χ0) is 31.2. The van der Waals surface area contributed by atoms with Crippen LogP contribution >= 0.6 is 0 Å². The van der Waals surface area contributed by atoms with E-state index < -0.39 is 0 Å². The van der Waals surface area contributed by atoms with Crippen LogP contribution in [0, 0.1) is 0 Å². The van der Waals surface area contributed by atoms with Crippen LogP contribution in [0.15, 0.2) is 170 Å². The molecule has 0 N–H and O–H groups in total. The fraction of sp³-hybridized carbons (Fsp3) is 0. The monoisotopic (exact) mass is 600 g/mol. The first-order valence-electron chi connectivity index (χ1n) is 15.8. The molecule has 0 saturated heterocycles. The van der Waals surface area contributed by atoms with Gasteiger partial charge in [-0.1, -0.05) is 127 Å². The Hall–Kier alpha value is -6.39. The van der Waals surface area contributed by atoms with Gasteiger partial charge in [0.15, 0.2) is 17.5 Å². The van der Waals surface area contributed by atoms with Gasteiger partial charge in [-0.15, -0.1) is 0 Å². The molecule has 0 saturated carbocycles. The topological polar surface area (TPSA) is 43.6 Å². The Morgan fingerprint density at radius 1 is 0.340 bits per heavy atom. The van der Waals surface area contributed by atoms with Crippen LogP contribution in [-0.4, -0.2) is 19.5 Å². The minimum Gasteiger partial charge on any atom is -0.309 e. The van der Waals surface area contributed by atoms with E-state index in [1.54, 1.807) is 0 Å². The molecule has 9 rings (SSSR count). The van der Waals surface area contributed by atoms with E-state index in [1.165, 1.54) is 43.7 Å². The Kier molecular flexibility index (Phi) is 6.43. The fourth-order valence-corrected chi connectivity index (χ4v) is 6.57. The van der Waals surface area contributed by atoms with Gasteiger partial charge in [-0.2, -0.15) is 0 Å². The summed E-state index contributed by atoms with van der Waals surface area (Å²) in [6, 6.07) is 59.3. The first-order chi connectivity index (χ1) is 23.3. The van der Waals surface area contributed by atoms with Crippen molar-refractivity contribution in [3.8, 4) is 51.0 Å². The van der Waals surface area contributed by atoms with Crippen LogP contribution in [0.3, 0.4) is 0 Å². The predicted molar refractivity (Wildman–Crippen MR) is 193 cm³/mol. The van der Waals surface area contributed by atoms with E-state index >= 15 is 0 Å². The van der Waals surface area contributed by atoms with E-state index in [-0.39, 0.29) is 0 Å². The lowest BCUT2D eigenvalue weighted by atomic mass is 9.98. The molecule has 0 aliphatic rings. The quantitative estimate of drug-likeness (QED) is 0.197. The van der Waals surface area contributed by atoms with E-state index in [1.807, 2.05) is 60.7 Å². The lowest BCUT2D eigenvalue weighted by Crippen LogP contribution is -2.00. The van der Waals surface area contributed by atoms with Gasteiger partial charge in [-0.3, -0.25) is 0 Å². The molecule has 0 radical (unpaired) electrons. The fourth-order valence-electron chi connectivity index (χ4n) is 6.57. The SMILES string of the molecule is c1ccc(-c2ccc3ccc4c(c3c2)c2ccccc2n4-c2ccc(-c3nc(-c4ccccc4)nc(-c4ccccc4)n3)cc2)cc1. The van der Waals surface area contributed by atoms with E-state index in [0.717, 1.165) is 22.4 Å². The molecule has 2 aromatic heterocycles. The molecule has 4 nitrogen and oxygen atoms in total. The highest BCUT2D eigenvalue weighted by molar-refractivity contribution is 6.21. The lowest BCUT2D eigenvalue weighted by Gasteiger charge is -2.11. The van der Waals surface area contributed by atoms with Crippen molar-refractivity contribution in [1.29, 1.82) is 0 Å². The van der Waals surface area contributed by atoms with Crippen LogP contribution < -0.4 is 0 Å². The smallest absolute Gasteiger partial charge is 0.164 e. The predicted octanol–water partition coefficient (Wildman–Crippen LogP) is 10.8. The van der Waals surface area contributed by atoms with Crippen molar-refractivity contribution in [2.45, 2.75) is 0 Å². The highest BCUT2D eigenvalue weighted by atomic mass is 15.0. The van der Waals surface area contributed by atoms with Crippen molar-refractivity contribution in [2.75, 3.05) is 0 Å². The molecule has 7 aromatic carbocycles. The number of nitrogens with zero attached hydrogens (tertiary/aromatic N) is 4. The normalized spacial score (nSPS) is 11.4. The second-order valence-corrected chi connectivity index (χ2v) is 11.7. The van der Waals surface area contributed by atoms with Crippen LogP contribution in [0.1, 0.15) is 0 Å². The highest BCUT2D eigenvalue weighted by Gasteiger charge is 2.16. The molecule has 4 heteroatoms. The molecular weight excluding hydrogens is 573 g/mol. The zero-order valence-corrected chi connectivity index (χ0v) is 25.5. The maximum Gasteiger partial charge on any atom is 0.164 e. The molecule has 220 valence electrons. The van der Waals surface area contributed by atoms with Crippen molar-refractivity contribution < 1.29 is 0 Å². The Morgan fingerprint density at radius 2 is 0.830 bits per heavy atom. The summed E-state index contributed by atoms with van der Waals surface area (Å²) in [6.07, 6.45) is 0. The van der Waals surface area contributed by atoms with Gasteiger partial charge in [0.25, 0.3) is 0 Å². The van der Waals surface area contributed by atoms with E-state index in [2.05, 4.69) is 114 Å². The summed E-state index contributed by atoms with van der Waals surface area (Å²) < 4.78 is 2.36. The summed E-state index contributed by atoms with van der Waals surface area (Å²) in [5, 5.41) is 4.98. The number of aromatic nitrogens is 4. The molecular formula is C43H28N4. The number of fused-ring (bicyclic) bond motifs is 5. The van der Waals surface area contributed by atoms with Crippen molar-refractivity contribution in [2.24, 2.45) is 0 Å². The number of benzene rings is 7. The van der Waals surface area contributed by atoms with E-state index in [9.17, 15) is 0 Å². The molecule has 9 aromatic rings. The summed E-state index contributed by atoms with van der Waals surface area (Å²) in [5.74, 6) is 1.95. The minimum atomic E-state index is 0.644. The van der Waals surface area contributed by atoms with Gasteiger partial charge < -0.3 is 4.57 Å². The molecule has 0 bridgehead atoms. The average molecular weight is 601 g/mol. The maximum absolute atomic E-state index is 4.93. The van der Waals surface area contributed by atoms with Crippen LogP contribution in [-0.2, 0) is 0 Å². The van der Waals surface area contributed by atoms with Crippen molar-refractivity contribution in [1.82, 2.24) is 19.5 Å².